The van der Waals surface area contributed by atoms with Gasteiger partial charge in [-0.2, -0.15) is 0 Å². The Balaban J connectivity index is 0.000000246. The normalized spacial score (nSPS) is 11.7. The summed E-state index contributed by atoms with van der Waals surface area (Å²) >= 11 is 11.8. The average Bonchev–Trinajstić information content (AvgIpc) is 2.98. The summed E-state index contributed by atoms with van der Waals surface area (Å²) in [4.78, 5) is 24.0. The number of phenols is 2. The van der Waals surface area contributed by atoms with Crippen LogP contribution in [0.5, 0.6) is 17.2 Å². The second kappa shape index (κ2) is 15.9. The van der Waals surface area contributed by atoms with Crippen molar-refractivity contribution in [3.05, 3.63) is 99.5 Å². The van der Waals surface area contributed by atoms with E-state index in [2.05, 4.69) is 21.3 Å². The number of hydrogen-bond acceptors (Lipinski definition) is 7. The van der Waals surface area contributed by atoms with Crippen LogP contribution in [0.2, 0.25) is 10.0 Å². The van der Waals surface area contributed by atoms with E-state index < -0.39 is 24.3 Å². The topological polar surface area (TPSA) is 172 Å². The number of ether oxygens (including phenoxy) is 1. The average molecular weight is 658 g/mol. The zero-order chi connectivity index (χ0) is 33.3. The van der Waals surface area contributed by atoms with Crippen molar-refractivity contribution in [1.82, 2.24) is 0 Å². The molecule has 11 nitrogen and oxygen atoms in total. The standard InChI is InChI=1S/C16H17ClN2O4.C16H17ClN2O3/c1-9(20)13-7-11(8-14(17)15(13)21)19-16(22)18-10-4-3-5-12(6-10)23-2;1-9-5-3-4-6-14(9)19-16(22)18-11-7-12(10(2)20)15(21)13(17)8-11/h3-9,20-21H,1-2H3,(H2,18,19,22);3-8,10,20-21H,1-2H3,(H2,18,19,22). The van der Waals surface area contributed by atoms with Gasteiger partial charge >= 0.3 is 12.1 Å². The molecule has 2 atom stereocenters. The van der Waals surface area contributed by atoms with Crippen LogP contribution >= 0.6 is 23.2 Å². The number of urea groups is 2. The predicted molar refractivity (Wildman–Crippen MR) is 177 cm³/mol. The Kier molecular flexibility index (Phi) is 12.3. The van der Waals surface area contributed by atoms with Gasteiger partial charge in [-0.25, -0.2) is 9.59 Å². The lowest BCUT2D eigenvalue weighted by Gasteiger charge is -2.14. The van der Waals surface area contributed by atoms with Crippen LogP contribution in [0.25, 0.3) is 0 Å². The number of carbonyl (C=O) groups excluding carboxylic acids is 2. The number of amides is 4. The number of para-hydroxylation sites is 1. The molecule has 0 radical (unpaired) electrons. The smallest absolute Gasteiger partial charge is 0.323 e. The lowest BCUT2D eigenvalue weighted by atomic mass is 10.1. The number of phenolic OH excluding ortho intramolecular Hbond substituents is 2. The summed E-state index contributed by atoms with van der Waals surface area (Å²) in [7, 11) is 1.54. The van der Waals surface area contributed by atoms with Crippen molar-refractivity contribution in [1.29, 1.82) is 0 Å². The Morgan fingerprint density at radius 1 is 0.689 bits per heavy atom. The number of aliphatic hydroxyl groups excluding tert-OH is 2. The van der Waals surface area contributed by atoms with Gasteiger partial charge in [0.15, 0.2) is 0 Å². The molecule has 0 bridgehead atoms. The van der Waals surface area contributed by atoms with Gasteiger partial charge in [0.05, 0.1) is 29.4 Å². The maximum absolute atomic E-state index is 12.0. The van der Waals surface area contributed by atoms with E-state index in [1.807, 2.05) is 25.1 Å². The van der Waals surface area contributed by atoms with Gasteiger partial charge in [0.2, 0.25) is 0 Å². The molecule has 2 unspecified atom stereocenters. The first-order valence-corrected chi connectivity index (χ1v) is 14.3. The summed E-state index contributed by atoms with van der Waals surface area (Å²) in [5.74, 6) is 0.216. The van der Waals surface area contributed by atoms with Crippen molar-refractivity contribution >= 4 is 58.0 Å². The molecule has 4 rings (SSSR count). The van der Waals surface area contributed by atoms with Gasteiger partial charge in [0, 0.05) is 39.9 Å². The van der Waals surface area contributed by atoms with E-state index in [1.165, 1.54) is 45.2 Å². The molecule has 0 aliphatic carbocycles. The van der Waals surface area contributed by atoms with E-state index in [-0.39, 0.29) is 32.7 Å². The Hall–Kier alpha value is -4.68. The van der Waals surface area contributed by atoms with Crippen molar-refractivity contribution in [2.45, 2.75) is 33.0 Å². The van der Waals surface area contributed by atoms with Crippen molar-refractivity contribution in [3.8, 4) is 17.2 Å². The van der Waals surface area contributed by atoms with Gasteiger partial charge < -0.3 is 46.4 Å². The molecule has 4 amide bonds. The van der Waals surface area contributed by atoms with E-state index in [0.717, 1.165) is 5.56 Å². The molecule has 0 saturated heterocycles. The molecule has 0 fully saturated rings. The Morgan fingerprint density at radius 3 is 1.67 bits per heavy atom. The number of anilines is 4. The molecule has 0 heterocycles. The van der Waals surface area contributed by atoms with Crippen LogP contribution < -0.4 is 26.0 Å². The number of hydrogen-bond donors (Lipinski definition) is 8. The minimum Gasteiger partial charge on any atom is -0.506 e. The number of nitrogens with one attached hydrogen (secondary N) is 4. The van der Waals surface area contributed by atoms with Crippen molar-refractivity contribution < 1.29 is 34.8 Å². The highest BCUT2D eigenvalue weighted by molar-refractivity contribution is 6.33. The molecule has 8 N–H and O–H groups in total. The maximum atomic E-state index is 12.0. The quantitative estimate of drug-likeness (QED) is 0.0937. The number of rotatable bonds is 7. The number of aryl methyl sites for hydroxylation is 1. The number of methoxy groups -OCH3 is 1. The van der Waals surface area contributed by atoms with Crippen LogP contribution in [0.3, 0.4) is 0 Å². The van der Waals surface area contributed by atoms with Gasteiger partial charge in [-0.1, -0.05) is 47.5 Å². The first-order valence-electron chi connectivity index (χ1n) is 13.6. The SMILES string of the molecule is COc1cccc(NC(=O)Nc2cc(Cl)c(O)c(C(C)O)c2)c1.Cc1ccccc1NC(=O)Nc1cc(Cl)c(O)c(C(C)O)c1. The highest BCUT2D eigenvalue weighted by Gasteiger charge is 2.15. The van der Waals surface area contributed by atoms with Crippen LogP contribution in [-0.4, -0.2) is 39.6 Å². The molecule has 0 aliphatic heterocycles. The van der Waals surface area contributed by atoms with Gasteiger partial charge in [0.25, 0.3) is 0 Å². The molecule has 238 valence electrons. The highest BCUT2D eigenvalue weighted by Crippen LogP contribution is 2.36. The lowest BCUT2D eigenvalue weighted by Crippen LogP contribution is -2.20. The molecule has 4 aromatic carbocycles. The van der Waals surface area contributed by atoms with E-state index in [4.69, 9.17) is 27.9 Å². The van der Waals surface area contributed by atoms with E-state index >= 15 is 0 Å². The minimum absolute atomic E-state index is 0.0417. The summed E-state index contributed by atoms with van der Waals surface area (Å²) in [5.41, 5.74) is 3.40. The van der Waals surface area contributed by atoms with Gasteiger partial charge in [-0.15, -0.1) is 0 Å². The molecule has 45 heavy (non-hydrogen) atoms. The zero-order valence-corrected chi connectivity index (χ0v) is 26.4. The largest absolute Gasteiger partial charge is 0.506 e. The lowest BCUT2D eigenvalue weighted by molar-refractivity contribution is 0.194. The van der Waals surface area contributed by atoms with Gasteiger partial charge in [0.1, 0.15) is 17.2 Å². The fourth-order valence-electron chi connectivity index (χ4n) is 4.01. The molecule has 0 saturated carbocycles. The zero-order valence-electron chi connectivity index (χ0n) is 24.9. The third kappa shape index (κ3) is 9.91. The second-order valence-electron chi connectivity index (χ2n) is 9.85. The molecular formula is C32H34Cl2N4O7. The van der Waals surface area contributed by atoms with Crippen LogP contribution in [0, 0.1) is 6.92 Å². The number of carbonyl (C=O) groups is 2. The number of benzene rings is 4. The van der Waals surface area contributed by atoms with Crippen molar-refractivity contribution in [3.63, 3.8) is 0 Å². The monoisotopic (exact) mass is 656 g/mol. The summed E-state index contributed by atoms with van der Waals surface area (Å²) in [5, 5.41) is 49.5. The van der Waals surface area contributed by atoms with Crippen molar-refractivity contribution in [2.24, 2.45) is 0 Å². The summed E-state index contributed by atoms with van der Waals surface area (Å²) in [6.07, 6.45) is -1.82. The third-order valence-corrected chi connectivity index (χ3v) is 6.90. The second-order valence-corrected chi connectivity index (χ2v) is 10.7. The minimum atomic E-state index is -0.921. The first-order chi connectivity index (χ1) is 21.3. The van der Waals surface area contributed by atoms with E-state index in [1.54, 1.807) is 30.3 Å². The van der Waals surface area contributed by atoms with Crippen LogP contribution in [-0.2, 0) is 0 Å². The Labute approximate surface area is 270 Å². The number of halogens is 2. The Bertz CT molecular complexity index is 1670. The third-order valence-electron chi connectivity index (χ3n) is 6.32. The van der Waals surface area contributed by atoms with Crippen LogP contribution in [0.15, 0.2) is 72.8 Å². The van der Waals surface area contributed by atoms with E-state index in [0.29, 0.717) is 28.5 Å². The summed E-state index contributed by atoms with van der Waals surface area (Å²) in [6.45, 7) is 4.88. The van der Waals surface area contributed by atoms with Crippen molar-refractivity contribution in [2.75, 3.05) is 28.4 Å². The maximum Gasteiger partial charge on any atom is 0.323 e. The fraction of sp³-hybridized carbons (Fsp3) is 0.188. The highest BCUT2D eigenvalue weighted by atomic mass is 35.5. The van der Waals surface area contributed by atoms with E-state index in [9.17, 15) is 30.0 Å². The summed E-state index contributed by atoms with van der Waals surface area (Å²) in [6, 6.07) is 19.1. The van der Waals surface area contributed by atoms with Crippen LogP contribution in [0.4, 0.5) is 32.3 Å². The molecule has 13 heteroatoms. The summed E-state index contributed by atoms with van der Waals surface area (Å²) < 4.78 is 5.08. The molecule has 4 aromatic rings. The molecule has 0 spiro atoms. The van der Waals surface area contributed by atoms with Gasteiger partial charge in [-0.05, 0) is 68.8 Å². The number of aromatic hydroxyl groups is 2. The molecular weight excluding hydrogens is 623 g/mol. The van der Waals surface area contributed by atoms with Crippen LogP contribution in [0.1, 0.15) is 42.7 Å². The first kappa shape index (κ1) is 34.8. The van der Waals surface area contributed by atoms with Gasteiger partial charge in [-0.3, -0.25) is 0 Å². The molecule has 0 aliphatic rings. The predicted octanol–water partition coefficient (Wildman–Crippen LogP) is 7.80. The number of aliphatic hydroxyl groups is 2. The molecule has 0 aromatic heterocycles. The Morgan fingerprint density at radius 2 is 1.18 bits per heavy atom. The fourth-order valence-corrected chi connectivity index (χ4v) is 4.47.